The van der Waals surface area contributed by atoms with E-state index in [-0.39, 0.29) is 23.4 Å². The molecular formula is C17H13F3N6O2. The highest BCUT2D eigenvalue weighted by atomic mass is 19.4. The summed E-state index contributed by atoms with van der Waals surface area (Å²) in [6.45, 7) is 1.64. The minimum absolute atomic E-state index is 0.0131. The Kier molecular flexibility index (Phi) is 4.02. The molecule has 0 fully saturated rings. The largest absolute Gasteiger partial charge is 0.433 e. The van der Waals surface area contributed by atoms with Crippen LogP contribution in [-0.4, -0.2) is 42.8 Å². The van der Waals surface area contributed by atoms with Crippen LogP contribution >= 0.6 is 0 Å². The van der Waals surface area contributed by atoms with Crippen molar-refractivity contribution in [2.75, 3.05) is 7.05 Å². The van der Waals surface area contributed by atoms with Crippen LogP contribution in [0, 0.1) is 6.92 Å². The summed E-state index contributed by atoms with van der Waals surface area (Å²) in [6, 6.07) is 6.07. The predicted molar refractivity (Wildman–Crippen MR) is 90.3 cm³/mol. The minimum atomic E-state index is -4.62. The van der Waals surface area contributed by atoms with Gasteiger partial charge in [-0.2, -0.15) is 18.3 Å². The fourth-order valence-electron chi connectivity index (χ4n) is 2.91. The number of aryl methyl sites for hydroxylation is 1. The van der Waals surface area contributed by atoms with Gasteiger partial charge in [0.15, 0.2) is 5.65 Å². The highest BCUT2D eigenvalue weighted by Crippen LogP contribution is 2.30. The molecule has 0 aliphatic heterocycles. The first kappa shape index (κ1) is 17.9. The van der Waals surface area contributed by atoms with Crippen molar-refractivity contribution in [1.82, 2.24) is 29.8 Å². The Morgan fingerprint density at radius 1 is 1.21 bits per heavy atom. The molecule has 1 amide bonds. The molecule has 0 aliphatic carbocycles. The molecule has 0 saturated heterocycles. The number of amides is 1. The summed E-state index contributed by atoms with van der Waals surface area (Å²) in [6.07, 6.45) is -3.52. The van der Waals surface area contributed by atoms with Crippen LogP contribution in [0.3, 0.4) is 0 Å². The second kappa shape index (κ2) is 6.29. The van der Waals surface area contributed by atoms with Gasteiger partial charge >= 0.3 is 6.18 Å². The quantitative estimate of drug-likeness (QED) is 0.534. The summed E-state index contributed by atoms with van der Waals surface area (Å²) in [4.78, 5) is 18.3. The molecule has 0 unspecified atom stereocenters. The van der Waals surface area contributed by atoms with Gasteiger partial charge in [-0.15, -0.1) is 0 Å². The normalized spacial score (nSPS) is 12.0. The van der Waals surface area contributed by atoms with Crippen LogP contribution < -0.4 is 0 Å². The van der Waals surface area contributed by atoms with Crippen molar-refractivity contribution in [3.8, 4) is 0 Å². The average molecular weight is 390 g/mol. The smallest absolute Gasteiger partial charge is 0.337 e. The zero-order chi connectivity index (χ0) is 20.1. The Balaban J connectivity index is 1.67. The fourth-order valence-corrected chi connectivity index (χ4v) is 2.91. The van der Waals surface area contributed by atoms with E-state index in [4.69, 9.17) is 0 Å². The van der Waals surface area contributed by atoms with Gasteiger partial charge in [-0.3, -0.25) is 4.79 Å². The van der Waals surface area contributed by atoms with Crippen LogP contribution in [0.15, 0.2) is 35.1 Å². The standard InChI is InChI=1S/C17H13F3N6O2/c1-9-5-14(17(18,19)20)26-15(22-9)11(7-21-26)16(27)25(2)8-10-3-4-12-13(6-10)24-28-23-12/h3-7H,8H2,1-2H3. The number of hydrogen-bond donors (Lipinski definition) is 0. The van der Waals surface area contributed by atoms with Gasteiger partial charge in [0.1, 0.15) is 22.3 Å². The highest BCUT2D eigenvalue weighted by Gasteiger charge is 2.35. The van der Waals surface area contributed by atoms with E-state index in [2.05, 4.69) is 25.0 Å². The van der Waals surface area contributed by atoms with Crippen LogP contribution in [0.5, 0.6) is 0 Å². The monoisotopic (exact) mass is 390 g/mol. The molecule has 0 N–H and O–H groups in total. The molecule has 0 saturated carbocycles. The third-order valence-corrected chi connectivity index (χ3v) is 4.21. The molecule has 0 spiro atoms. The number of carbonyl (C=O) groups is 1. The first-order chi connectivity index (χ1) is 13.2. The number of rotatable bonds is 3. The fraction of sp³-hybridized carbons (Fsp3) is 0.235. The van der Waals surface area contributed by atoms with E-state index >= 15 is 0 Å². The Labute approximate surface area is 155 Å². The molecule has 4 rings (SSSR count). The summed E-state index contributed by atoms with van der Waals surface area (Å²) in [5.74, 6) is -0.500. The maximum absolute atomic E-state index is 13.3. The van der Waals surface area contributed by atoms with E-state index in [0.717, 1.165) is 17.8 Å². The molecule has 144 valence electrons. The van der Waals surface area contributed by atoms with Crippen molar-refractivity contribution >= 4 is 22.6 Å². The van der Waals surface area contributed by atoms with Crippen LogP contribution in [-0.2, 0) is 12.7 Å². The Morgan fingerprint density at radius 3 is 2.71 bits per heavy atom. The van der Waals surface area contributed by atoms with Crippen molar-refractivity contribution in [3.05, 3.63) is 53.0 Å². The molecule has 0 radical (unpaired) electrons. The topological polar surface area (TPSA) is 89.4 Å². The molecule has 4 aromatic rings. The van der Waals surface area contributed by atoms with Crippen LogP contribution in [0.25, 0.3) is 16.7 Å². The minimum Gasteiger partial charge on any atom is -0.337 e. The summed E-state index contributed by atoms with van der Waals surface area (Å²) < 4.78 is 45.0. The van der Waals surface area contributed by atoms with Crippen molar-refractivity contribution in [2.45, 2.75) is 19.6 Å². The molecule has 1 aromatic carbocycles. The number of fused-ring (bicyclic) bond motifs is 2. The molecule has 8 nitrogen and oxygen atoms in total. The van der Waals surface area contributed by atoms with Gasteiger partial charge in [-0.25, -0.2) is 14.1 Å². The lowest BCUT2D eigenvalue weighted by atomic mass is 10.2. The SMILES string of the molecule is Cc1cc(C(F)(F)F)n2ncc(C(=O)N(C)Cc3ccc4nonc4c3)c2n1. The number of carbonyl (C=O) groups excluding carboxylic acids is 1. The van der Waals surface area contributed by atoms with Crippen molar-refractivity contribution in [1.29, 1.82) is 0 Å². The average Bonchev–Trinajstić information content (AvgIpc) is 3.25. The molecule has 28 heavy (non-hydrogen) atoms. The summed E-state index contributed by atoms with van der Waals surface area (Å²) in [5.41, 5.74) is 0.889. The number of nitrogens with zero attached hydrogens (tertiary/aromatic N) is 6. The Hall–Kier alpha value is -3.50. The number of alkyl halides is 3. The number of hydrogen-bond acceptors (Lipinski definition) is 6. The van der Waals surface area contributed by atoms with E-state index < -0.39 is 17.8 Å². The molecule has 0 aliphatic rings. The zero-order valence-corrected chi connectivity index (χ0v) is 14.7. The zero-order valence-electron chi connectivity index (χ0n) is 14.7. The van der Waals surface area contributed by atoms with E-state index in [9.17, 15) is 18.0 Å². The van der Waals surface area contributed by atoms with Crippen molar-refractivity contribution in [2.24, 2.45) is 0 Å². The van der Waals surface area contributed by atoms with Crippen LogP contribution in [0.4, 0.5) is 13.2 Å². The number of benzene rings is 1. The van der Waals surface area contributed by atoms with E-state index in [0.29, 0.717) is 15.5 Å². The molecule has 0 bridgehead atoms. The first-order valence-electron chi connectivity index (χ1n) is 8.13. The number of aromatic nitrogens is 5. The lowest BCUT2D eigenvalue weighted by Gasteiger charge is -2.16. The van der Waals surface area contributed by atoms with Gasteiger partial charge in [0.25, 0.3) is 5.91 Å². The Bertz CT molecular complexity index is 1200. The molecule has 0 atom stereocenters. The third kappa shape index (κ3) is 3.04. The maximum atomic E-state index is 13.3. The predicted octanol–water partition coefficient (Wildman–Crippen LogP) is 2.86. The first-order valence-corrected chi connectivity index (χ1v) is 8.13. The second-order valence-electron chi connectivity index (χ2n) is 6.32. The van der Waals surface area contributed by atoms with Gasteiger partial charge in [0.05, 0.1) is 6.20 Å². The van der Waals surface area contributed by atoms with Crippen LogP contribution in [0.2, 0.25) is 0 Å². The number of halogens is 3. The van der Waals surface area contributed by atoms with E-state index in [1.165, 1.54) is 18.9 Å². The second-order valence-corrected chi connectivity index (χ2v) is 6.32. The van der Waals surface area contributed by atoms with Crippen molar-refractivity contribution < 1.29 is 22.6 Å². The van der Waals surface area contributed by atoms with Gasteiger partial charge in [0, 0.05) is 19.3 Å². The maximum Gasteiger partial charge on any atom is 0.433 e. The van der Waals surface area contributed by atoms with E-state index in [1.54, 1.807) is 18.2 Å². The molecule has 3 aromatic heterocycles. The highest BCUT2D eigenvalue weighted by molar-refractivity contribution is 5.99. The van der Waals surface area contributed by atoms with Gasteiger partial charge in [-0.1, -0.05) is 6.07 Å². The Morgan fingerprint density at radius 2 is 1.96 bits per heavy atom. The third-order valence-electron chi connectivity index (χ3n) is 4.21. The molecule has 3 heterocycles. The van der Waals surface area contributed by atoms with Gasteiger partial charge in [0.2, 0.25) is 0 Å². The molecular weight excluding hydrogens is 377 g/mol. The van der Waals surface area contributed by atoms with E-state index in [1.807, 2.05) is 0 Å². The lowest BCUT2D eigenvalue weighted by Crippen LogP contribution is -2.26. The summed E-state index contributed by atoms with van der Waals surface area (Å²) in [5, 5.41) is 11.2. The summed E-state index contributed by atoms with van der Waals surface area (Å²) in [7, 11) is 1.54. The van der Waals surface area contributed by atoms with Crippen LogP contribution in [0.1, 0.15) is 27.3 Å². The molecule has 11 heteroatoms. The summed E-state index contributed by atoms with van der Waals surface area (Å²) >= 11 is 0. The van der Waals surface area contributed by atoms with Crippen molar-refractivity contribution in [3.63, 3.8) is 0 Å². The lowest BCUT2D eigenvalue weighted by molar-refractivity contribution is -0.142. The van der Waals surface area contributed by atoms with Gasteiger partial charge in [-0.05, 0) is 41.0 Å². The van der Waals surface area contributed by atoms with Gasteiger partial charge < -0.3 is 4.90 Å².